The minimum atomic E-state index is -1.24. The second kappa shape index (κ2) is 8.49. The molecular formula is C12H23N3O5. The zero-order chi connectivity index (χ0) is 15.9. The molecule has 4 unspecified atom stereocenters. The first-order valence-corrected chi connectivity index (χ1v) is 6.44. The van der Waals surface area contributed by atoms with Crippen molar-refractivity contribution in [1.29, 1.82) is 0 Å². The third-order valence-electron chi connectivity index (χ3n) is 3.04. The predicted octanol–water partition coefficient (Wildman–Crippen LogP) is -1.57. The lowest BCUT2D eigenvalue weighted by Gasteiger charge is -2.24. The van der Waals surface area contributed by atoms with Gasteiger partial charge < -0.3 is 26.6 Å². The van der Waals surface area contributed by atoms with Crippen LogP contribution in [0.3, 0.4) is 0 Å². The molecule has 2 amide bonds. The van der Waals surface area contributed by atoms with Crippen molar-refractivity contribution in [2.45, 2.75) is 45.4 Å². The van der Waals surface area contributed by atoms with E-state index in [1.807, 2.05) is 6.92 Å². The summed E-state index contributed by atoms with van der Waals surface area (Å²) in [4.78, 5) is 33.9. The number of aliphatic carboxylic acids is 1. The standard InChI is InChI=1S/C12H23N3O5/c1-4-6(2)9(13)11(19)15-10(7(3)16)12(20)14-5-8(17)18/h6-7,9-10,16H,4-5,13H2,1-3H3,(H,14,20)(H,15,19)(H,17,18). The number of hydrogen-bond donors (Lipinski definition) is 5. The molecule has 0 aromatic carbocycles. The highest BCUT2D eigenvalue weighted by Gasteiger charge is 2.29. The summed E-state index contributed by atoms with van der Waals surface area (Å²) >= 11 is 0. The zero-order valence-corrected chi connectivity index (χ0v) is 11.9. The molecule has 0 aliphatic carbocycles. The largest absolute Gasteiger partial charge is 0.480 e. The Morgan fingerprint density at radius 3 is 2.15 bits per heavy atom. The smallest absolute Gasteiger partial charge is 0.322 e. The fourth-order valence-electron chi connectivity index (χ4n) is 1.44. The maximum atomic E-state index is 11.9. The van der Waals surface area contributed by atoms with E-state index in [1.54, 1.807) is 6.92 Å². The number of carbonyl (C=O) groups excluding carboxylic acids is 2. The number of hydrogen-bond acceptors (Lipinski definition) is 5. The molecule has 8 nitrogen and oxygen atoms in total. The summed E-state index contributed by atoms with van der Waals surface area (Å²) < 4.78 is 0. The van der Waals surface area contributed by atoms with Crippen molar-refractivity contribution in [3.8, 4) is 0 Å². The molecule has 0 bridgehead atoms. The van der Waals surface area contributed by atoms with Crippen molar-refractivity contribution < 1.29 is 24.6 Å². The molecule has 20 heavy (non-hydrogen) atoms. The molecule has 6 N–H and O–H groups in total. The van der Waals surface area contributed by atoms with E-state index < -0.39 is 42.5 Å². The second-order valence-corrected chi connectivity index (χ2v) is 4.75. The van der Waals surface area contributed by atoms with Crippen LogP contribution in [0.15, 0.2) is 0 Å². The SMILES string of the molecule is CCC(C)C(N)C(=O)NC(C(=O)NCC(=O)O)C(C)O. The van der Waals surface area contributed by atoms with Gasteiger partial charge in [-0.05, 0) is 12.8 Å². The highest BCUT2D eigenvalue weighted by molar-refractivity contribution is 5.91. The number of carboxylic acids is 1. The molecule has 0 aromatic rings. The number of carboxylic acid groups (broad SMARTS) is 1. The molecule has 0 heterocycles. The molecule has 4 atom stereocenters. The first kappa shape index (κ1) is 18.3. The Morgan fingerprint density at radius 1 is 1.20 bits per heavy atom. The van der Waals surface area contributed by atoms with Crippen molar-refractivity contribution in [2.24, 2.45) is 11.7 Å². The van der Waals surface area contributed by atoms with E-state index >= 15 is 0 Å². The lowest BCUT2D eigenvalue weighted by atomic mass is 9.99. The van der Waals surface area contributed by atoms with Gasteiger partial charge in [0.05, 0.1) is 12.1 Å². The van der Waals surface area contributed by atoms with Gasteiger partial charge in [0.1, 0.15) is 12.6 Å². The fraction of sp³-hybridized carbons (Fsp3) is 0.750. The molecule has 0 saturated heterocycles. The molecular weight excluding hydrogens is 266 g/mol. The maximum Gasteiger partial charge on any atom is 0.322 e. The zero-order valence-electron chi connectivity index (χ0n) is 11.9. The quantitative estimate of drug-likeness (QED) is 0.365. The summed E-state index contributed by atoms with van der Waals surface area (Å²) in [5.41, 5.74) is 5.72. The van der Waals surface area contributed by atoms with Gasteiger partial charge in [-0.25, -0.2) is 0 Å². The molecule has 0 aromatic heterocycles. The average molecular weight is 289 g/mol. The van der Waals surface area contributed by atoms with Crippen LogP contribution in [0.1, 0.15) is 27.2 Å². The van der Waals surface area contributed by atoms with Crippen molar-refractivity contribution >= 4 is 17.8 Å². The van der Waals surface area contributed by atoms with Crippen LogP contribution in [0.4, 0.5) is 0 Å². The van der Waals surface area contributed by atoms with Gasteiger partial charge in [-0.1, -0.05) is 20.3 Å². The van der Waals surface area contributed by atoms with Crippen molar-refractivity contribution in [3.05, 3.63) is 0 Å². The normalized spacial score (nSPS) is 16.6. The van der Waals surface area contributed by atoms with Crippen LogP contribution in [0.5, 0.6) is 0 Å². The van der Waals surface area contributed by atoms with Crippen molar-refractivity contribution in [2.75, 3.05) is 6.54 Å². The monoisotopic (exact) mass is 289 g/mol. The highest BCUT2D eigenvalue weighted by Crippen LogP contribution is 2.06. The van der Waals surface area contributed by atoms with Crippen LogP contribution in [-0.4, -0.2) is 52.7 Å². The number of aliphatic hydroxyl groups is 1. The van der Waals surface area contributed by atoms with Crippen LogP contribution in [0.2, 0.25) is 0 Å². The van der Waals surface area contributed by atoms with Crippen LogP contribution in [0.25, 0.3) is 0 Å². The highest BCUT2D eigenvalue weighted by atomic mass is 16.4. The average Bonchev–Trinajstić information content (AvgIpc) is 2.39. The lowest BCUT2D eigenvalue weighted by Crippen LogP contribution is -2.57. The van der Waals surface area contributed by atoms with Crippen LogP contribution < -0.4 is 16.4 Å². The molecule has 0 fully saturated rings. The molecule has 0 rings (SSSR count). The van der Waals surface area contributed by atoms with Gasteiger partial charge in [0.25, 0.3) is 0 Å². The van der Waals surface area contributed by atoms with Gasteiger partial charge in [-0.3, -0.25) is 14.4 Å². The fourth-order valence-corrected chi connectivity index (χ4v) is 1.44. The van der Waals surface area contributed by atoms with E-state index in [1.165, 1.54) is 6.92 Å². The van der Waals surface area contributed by atoms with E-state index in [-0.39, 0.29) is 5.92 Å². The Bertz CT molecular complexity index is 359. The predicted molar refractivity (Wildman–Crippen MR) is 71.7 cm³/mol. The van der Waals surface area contributed by atoms with E-state index in [2.05, 4.69) is 10.6 Å². The van der Waals surface area contributed by atoms with Gasteiger partial charge in [0.15, 0.2) is 0 Å². The molecule has 0 aliphatic rings. The lowest BCUT2D eigenvalue weighted by molar-refractivity contribution is -0.139. The maximum absolute atomic E-state index is 11.9. The number of carbonyl (C=O) groups is 3. The van der Waals surface area contributed by atoms with Crippen molar-refractivity contribution in [3.63, 3.8) is 0 Å². The van der Waals surface area contributed by atoms with Gasteiger partial charge in [-0.15, -0.1) is 0 Å². The number of nitrogens with two attached hydrogens (primary N) is 1. The third kappa shape index (κ3) is 5.98. The van der Waals surface area contributed by atoms with Gasteiger partial charge in [0.2, 0.25) is 11.8 Å². The summed E-state index contributed by atoms with van der Waals surface area (Å²) in [6.45, 7) is 4.41. The number of amides is 2. The number of aliphatic hydroxyl groups excluding tert-OH is 1. The van der Waals surface area contributed by atoms with Crippen molar-refractivity contribution in [1.82, 2.24) is 10.6 Å². The van der Waals surface area contributed by atoms with Gasteiger partial charge in [0, 0.05) is 0 Å². The van der Waals surface area contributed by atoms with E-state index in [4.69, 9.17) is 10.8 Å². The van der Waals surface area contributed by atoms with E-state index in [9.17, 15) is 19.5 Å². The second-order valence-electron chi connectivity index (χ2n) is 4.75. The summed E-state index contributed by atoms with van der Waals surface area (Å²) in [6, 6.07) is -2.04. The number of rotatable bonds is 8. The Kier molecular flexibility index (Phi) is 7.78. The van der Waals surface area contributed by atoms with Crippen LogP contribution >= 0.6 is 0 Å². The van der Waals surface area contributed by atoms with E-state index in [0.29, 0.717) is 6.42 Å². The Morgan fingerprint density at radius 2 is 1.75 bits per heavy atom. The summed E-state index contributed by atoms with van der Waals surface area (Å²) in [7, 11) is 0. The molecule has 0 spiro atoms. The minimum Gasteiger partial charge on any atom is -0.480 e. The topological polar surface area (TPSA) is 142 Å². The summed E-state index contributed by atoms with van der Waals surface area (Å²) in [6.07, 6.45) is -0.476. The first-order chi connectivity index (χ1) is 9.20. The Balaban J connectivity index is 4.65. The van der Waals surface area contributed by atoms with Crippen LogP contribution in [-0.2, 0) is 14.4 Å². The minimum absolute atomic E-state index is 0.0771. The first-order valence-electron chi connectivity index (χ1n) is 6.44. The van der Waals surface area contributed by atoms with Crippen LogP contribution in [0, 0.1) is 5.92 Å². The molecule has 0 aliphatic heterocycles. The summed E-state index contributed by atoms with van der Waals surface area (Å²) in [5.74, 6) is -2.63. The molecule has 0 radical (unpaired) electrons. The Hall–Kier alpha value is -1.67. The molecule has 116 valence electrons. The van der Waals surface area contributed by atoms with E-state index in [0.717, 1.165) is 0 Å². The van der Waals surface area contributed by atoms with Gasteiger partial charge >= 0.3 is 5.97 Å². The number of nitrogens with one attached hydrogen (secondary N) is 2. The third-order valence-corrected chi connectivity index (χ3v) is 3.04. The summed E-state index contributed by atoms with van der Waals surface area (Å²) in [5, 5.41) is 22.4. The molecule has 0 saturated carbocycles. The Labute approximate surface area is 117 Å². The molecule has 8 heteroatoms. The van der Waals surface area contributed by atoms with Gasteiger partial charge in [-0.2, -0.15) is 0 Å².